The van der Waals surface area contributed by atoms with Gasteiger partial charge in [-0.3, -0.25) is 4.79 Å². The fourth-order valence-corrected chi connectivity index (χ4v) is 2.97. The van der Waals surface area contributed by atoms with Gasteiger partial charge in [0, 0.05) is 5.69 Å². The van der Waals surface area contributed by atoms with E-state index in [1.165, 1.54) is 0 Å². The minimum absolute atomic E-state index is 0.213. The van der Waals surface area contributed by atoms with Gasteiger partial charge in [-0.05, 0) is 66.2 Å². The van der Waals surface area contributed by atoms with E-state index in [4.69, 9.17) is 9.47 Å². The first-order chi connectivity index (χ1) is 14.2. The Morgan fingerprint density at radius 3 is 2.10 bits per heavy atom. The molecular formula is C25H21NO3. The molecule has 4 rings (SSSR count). The molecular weight excluding hydrogens is 362 g/mol. The topological polar surface area (TPSA) is 47.6 Å². The molecule has 0 aliphatic carbocycles. The largest absolute Gasteiger partial charge is 0.481 e. The minimum atomic E-state index is -0.628. The summed E-state index contributed by atoms with van der Waals surface area (Å²) in [6.07, 6.45) is -0.628. The van der Waals surface area contributed by atoms with Gasteiger partial charge in [-0.15, -0.1) is 0 Å². The summed E-state index contributed by atoms with van der Waals surface area (Å²) in [6.45, 7) is 1.73. The molecule has 4 nitrogen and oxygen atoms in total. The van der Waals surface area contributed by atoms with Crippen LogP contribution in [0.2, 0.25) is 0 Å². The van der Waals surface area contributed by atoms with Crippen molar-refractivity contribution in [2.45, 2.75) is 13.0 Å². The summed E-state index contributed by atoms with van der Waals surface area (Å²) < 4.78 is 11.6. The second-order valence-electron chi connectivity index (χ2n) is 6.70. The Labute approximate surface area is 169 Å². The van der Waals surface area contributed by atoms with Crippen LogP contribution >= 0.6 is 0 Å². The Kier molecular flexibility index (Phi) is 5.43. The molecule has 1 atom stereocenters. The van der Waals surface area contributed by atoms with Gasteiger partial charge in [0.15, 0.2) is 6.10 Å². The third kappa shape index (κ3) is 4.74. The SMILES string of the molecule is C[C@H](Oc1ccc2ccccc2c1)C(=O)Nc1ccc(Oc2ccccc2)cc1. The van der Waals surface area contributed by atoms with Gasteiger partial charge in [-0.2, -0.15) is 0 Å². The summed E-state index contributed by atoms with van der Waals surface area (Å²) in [6, 6.07) is 30.6. The molecule has 0 heterocycles. The molecule has 0 bridgehead atoms. The molecule has 4 aromatic carbocycles. The Hall–Kier alpha value is -3.79. The van der Waals surface area contributed by atoms with Gasteiger partial charge in [-0.1, -0.05) is 48.5 Å². The highest BCUT2D eigenvalue weighted by Gasteiger charge is 2.15. The summed E-state index contributed by atoms with van der Waals surface area (Å²) in [4.78, 5) is 12.5. The first-order valence-electron chi connectivity index (χ1n) is 9.47. The lowest BCUT2D eigenvalue weighted by atomic mass is 10.1. The van der Waals surface area contributed by atoms with E-state index in [9.17, 15) is 4.79 Å². The molecule has 0 aliphatic rings. The van der Waals surface area contributed by atoms with Crippen LogP contribution in [0.3, 0.4) is 0 Å². The number of anilines is 1. The third-order valence-electron chi connectivity index (χ3n) is 4.50. The summed E-state index contributed by atoms with van der Waals surface area (Å²) in [5.74, 6) is 1.92. The van der Waals surface area contributed by atoms with Gasteiger partial charge < -0.3 is 14.8 Å². The number of fused-ring (bicyclic) bond motifs is 1. The van der Waals surface area contributed by atoms with Gasteiger partial charge in [0.05, 0.1) is 0 Å². The molecule has 1 N–H and O–H groups in total. The van der Waals surface area contributed by atoms with Crippen molar-refractivity contribution in [3.05, 3.63) is 97.1 Å². The van der Waals surface area contributed by atoms with Crippen molar-refractivity contribution in [3.63, 3.8) is 0 Å². The first-order valence-corrected chi connectivity index (χ1v) is 9.47. The van der Waals surface area contributed by atoms with E-state index in [0.29, 0.717) is 17.2 Å². The maximum absolute atomic E-state index is 12.5. The fraction of sp³-hybridized carbons (Fsp3) is 0.0800. The lowest BCUT2D eigenvalue weighted by Gasteiger charge is -2.15. The summed E-state index contributed by atoms with van der Waals surface area (Å²) >= 11 is 0. The summed E-state index contributed by atoms with van der Waals surface area (Å²) in [5.41, 5.74) is 0.685. The minimum Gasteiger partial charge on any atom is -0.481 e. The van der Waals surface area contributed by atoms with Crippen LogP contribution in [0.4, 0.5) is 5.69 Å². The van der Waals surface area contributed by atoms with Crippen LogP contribution in [-0.2, 0) is 4.79 Å². The van der Waals surface area contributed by atoms with Crippen LogP contribution in [0.15, 0.2) is 97.1 Å². The van der Waals surface area contributed by atoms with E-state index in [1.54, 1.807) is 19.1 Å². The number of hydrogen-bond acceptors (Lipinski definition) is 3. The highest BCUT2D eigenvalue weighted by molar-refractivity contribution is 5.94. The zero-order valence-electron chi connectivity index (χ0n) is 16.0. The third-order valence-corrected chi connectivity index (χ3v) is 4.50. The second-order valence-corrected chi connectivity index (χ2v) is 6.70. The van der Waals surface area contributed by atoms with Gasteiger partial charge in [0.1, 0.15) is 17.2 Å². The lowest BCUT2D eigenvalue weighted by molar-refractivity contribution is -0.122. The lowest BCUT2D eigenvalue weighted by Crippen LogP contribution is -2.30. The first kappa shape index (κ1) is 18.6. The molecule has 144 valence electrons. The average molecular weight is 383 g/mol. The monoisotopic (exact) mass is 383 g/mol. The van der Waals surface area contributed by atoms with E-state index >= 15 is 0 Å². The molecule has 0 aromatic heterocycles. The molecule has 0 radical (unpaired) electrons. The number of rotatable bonds is 6. The van der Waals surface area contributed by atoms with Crippen molar-refractivity contribution in [3.8, 4) is 17.2 Å². The van der Waals surface area contributed by atoms with Gasteiger partial charge >= 0.3 is 0 Å². The number of carbonyl (C=O) groups excluding carboxylic acids is 1. The molecule has 29 heavy (non-hydrogen) atoms. The van der Waals surface area contributed by atoms with E-state index in [0.717, 1.165) is 16.5 Å². The highest BCUT2D eigenvalue weighted by atomic mass is 16.5. The van der Waals surface area contributed by atoms with E-state index in [1.807, 2.05) is 84.9 Å². The smallest absolute Gasteiger partial charge is 0.265 e. The highest BCUT2D eigenvalue weighted by Crippen LogP contribution is 2.24. The number of para-hydroxylation sites is 1. The molecule has 4 aromatic rings. The Balaban J connectivity index is 1.36. The number of benzene rings is 4. The number of ether oxygens (including phenoxy) is 2. The molecule has 4 heteroatoms. The number of nitrogens with one attached hydrogen (secondary N) is 1. The van der Waals surface area contributed by atoms with E-state index in [-0.39, 0.29) is 5.91 Å². The standard InChI is InChI=1S/C25H21NO3/c1-18(28-24-14-11-19-7-5-6-8-20(19)17-24)25(27)26-21-12-15-23(16-13-21)29-22-9-3-2-4-10-22/h2-18H,1H3,(H,26,27)/t18-/m0/s1. The Morgan fingerprint density at radius 1 is 0.724 bits per heavy atom. The molecule has 0 saturated heterocycles. The van der Waals surface area contributed by atoms with Crippen molar-refractivity contribution in [2.75, 3.05) is 5.32 Å². The van der Waals surface area contributed by atoms with Crippen LogP contribution in [0, 0.1) is 0 Å². The van der Waals surface area contributed by atoms with Gasteiger partial charge in [0.25, 0.3) is 5.91 Å². The van der Waals surface area contributed by atoms with Crippen molar-refractivity contribution in [1.82, 2.24) is 0 Å². The normalized spacial score (nSPS) is 11.6. The fourth-order valence-electron chi connectivity index (χ4n) is 2.97. The van der Waals surface area contributed by atoms with E-state index in [2.05, 4.69) is 5.32 Å². The zero-order valence-corrected chi connectivity index (χ0v) is 16.0. The van der Waals surface area contributed by atoms with Crippen molar-refractivity contribution in [1.29, 1.82) is 0 Å². The average Bonchev–Trinajstić information content (AvgIpc) is 2.76. The maximum atomic E-state index is 12.5. The van der Waals surface area contributed by atoms with Crippen LogP contribution in [0.5, 0.6) is 17.2 Å². The predicted molar refractivity (Wildman–Crippen MR) is 116 cm³/mol. The Bertz CT molecular complexity index is 1110. The quantitative estimate of drug-likeness (QED) is 0.442. The summed E-state index contributed by atoms with van der Waals surface area (Å²) in [5, 5.41) is 5.08. The molecule has 0 spiro atoms. The van der Waals surface area contributed by atoms with Gasteiger partial charge in [0.2, 0.25) is 0 Å². The molecule has 1 amide bonds. The molecule has 0 saturated carbocycles. The van der Waals surface area contributed by atoms with Crippen molar-refractivity contribution in [2.24, 2.45) is 0 Å². The number of hydrogen-bond donors (Lipinski definition) is 1. The predicted octanol–water partition coefficient (Wildman–Crippen LogP) is 6.04. The van der Waals surface area contributed by atoms with Crippen LogP contribution in [-0.4, -0.2) is 12.0 Å². The van der Waals surface area contributed by atoms with Gasteiger partial charge in [-0.25, -0.2) is 0 Å². The zero-order chi connectivity index (χ0) is 20.1. The van der Waals surface area contributed by atoms with Crippen molar-refractivity contribution < 1.29 is 14.3 Å². The second kappa shape index (κ2) is 8.48. The number of amides is 1. The Morgan fingerprint density at radius 2 is 1.34 bits per heavy atom. The molecule has 0 fully saturated rings. The number of carbonyl (C=O) groups is 1. The molecule has 0 unspecified atom stereocenters. The maximum Gasteiger partial charge on any atom is 0.265 e. The van der Waals surface area contributed by atoms with Crippen LogP contribution < -0.4 is 14.8 Å². The van der Waals surface area contributed by atoms with E-state index < -0.39 is 6.10 Å². The summed E-state index contributed by atoms with van der Waals surface area (Å²) in [7, 11) is 0. The van der Waals surface area contributed by atoms with Crippen LogP contribution in [0.1, 0.15) is 6.92 Å². The van der Waals surface area contributed by atoms with Crippen LogP contribution in [0.25, 0.3) is 10.8 Å². The van der Waals surface area contributed by atoms with Crippen molar-refractivity contribution >= 4 is 22.4 Å². The molecule has 0 aliphatic heterocycles.